The fraction of sp³-hybridized carbons (Fsp3) is 0.194. The van der Waals surface area contributed by atoms with Crippen molar-refractivity contribution in [2.45, 2.75) is 38.5 Å². The molecular weight excluding hydrogens is 480 g/mol. The van der Waals surface area contributed by atoms with Crippen LogP contribution in [-0.4, -0.2) is 20.7 Å². The molecule has 1 aliphatic rings. The van der Waals surface area contributed by atoms with Crippen molar-refractivity contribution in [2.75, 3.05) is 0 Å². The Labute approximate surface area is 221 Å². The summed E-state index contributed by atoms with van der Waals surface area (Å²) >= 11 is 6.51. The zero-order valence-electron chi connectivity index (χ0n) is 20.7. The van der Waals surface area contributed by atoms with Crippen LogP contribution < -0.4 is 0 Å². The van der Waals surface area contributed by atoms with Crippen molar-refractivity contribution < 1.29 is 4.79 Å². The molecule has 0 amide bonds. The highest BCUT2D eigenvalue weighted by Crippen LogP contribution is 2.31. The summed E-state index contributed by atoms with van der Waals surface area (Å²) < 4.78 is 0. The number of halogens is 1. The third-order valence-electron chi connectivity index (χ3n) is 6.73. The van der Waals surface area contributed by atoms with Crippen molar-refractivity contribution in [3.05, 3.63) is 117 Å². The Morgan fingerprint density at radius 3 is 2.78 bits per heavy atom. The summed E-state index contributed by atoms with van der Waals surface area (Å²) in [4.78, 5) is 26.8. The van der Waals surface area contributed by atoms with Crippen molar-refractivity contribution >= 4 is 23.5 Å². The van der Waals surface area contributed by atoms with Gasteiger partial charge in [-0.3, -0.25) is 9.78 Å². The molecule has 2 heterocycles. The fourth-order valence-corrected chi connectivity index (χ4v) is 4.74. The van der Waals surface area contributed by atoms with Crippen molar-refractivity contribution in [3.63, 3.8) is 0 Å². The molecule has 0 atom stereocenters. The third kappa shape index (κ3) is 5.07. The van der Waals surface area contributed by atoms with E-state index in [1.165, 1.54) is 0 Å². The van der Waals surface area contributed by atoms with Crippen molar-refractivity contribution in [2.24, 2.45) is 0 Å². The molecule has 0 unspecified atom stereocenters. The van der Waals surface area contributed by atoms with Gasteiger partial charge in [-0.1, -0.05) is 54.1 Å². The molecule has 1 aliphatic carbocycles. The molecule has 0 saturated heterocycles. The Morgan fingerprint density at radius 2 is 1.95 bits per heavy atom. The highest BCUT2D eigenvalue weighted by molar-refractivity contribution is 6.31. The van der Waals surface area contributed by atoms with Crippen LogP contribution in [0.15, 0.2) is 73.2 Å². The molecule has 0 N–H and O–H groups in total. The zero-order valence-corrected chi connectivity index (χ0v) is 21.5. The molecule has 0 radical (unpaired) electrons. The molecule has 0 bridgehead atoms. The lowest BCUT2D eigenvalue weighted by molar-refractivity contribution is 0.0993. The van der Waals surface area contributed by atoms with Gasteiger partial charge in [0.15, 0.2) is 5.78 Å². The first-order chi connectivity index (χ1) is 17.9. The molecule has 0 aliphatic heterocycles. The molecule has 0 saturated carbocycles. The summed E-state index contributed by atoms with van der Waals surface area (Å²) in [5.41, 5.74) is 7.29. The fourth-order valence-electron chi connectivity index (χ4n) is 4.56. The largest absolute Gasteiger partial charge is 0.294 e. The van der Waals surface area contributed by atoms with E-state index in [1.54, 1.807) is 24.7 Å². The monoisotopic (exact) mass is 504 g/mol. The molecule has 0 fully saturated rings. The van der Waals surface area contributed by atoms with E-state index in [4.69, 9.17) is 11.6 Å². The molecule has 5 nitrogen and oxygen atoms in total. The molecule has 5 rings (SSSR count). The van der Waals surface area contributed by atoms with E-state index in [9.17, 15) is 10.1 Å². The summed E-state index contributed by atoms with van der Waals surface area (Å²) in [6, 6.07) is 19.3. The predicted molar refractivity (Wildman–Crippen MR) is 145 cm³/mol. The highest BCUT2D eigenvalue weighted by atomic mass is 35.5. The summed E-state index contributed by atoms with van der Waals surface area (Å²) in [5, 5.41) is 10.0. The van der Waals surface area contributed by atoms with E-state index >= 15 is 0 Å². The van der Waals surface area contributed by atoms with Gasteiger partial charge in [0.1, 0.15) is 6.33 Å². The van der Waals surface area contributed by atoms with Crippen LogP contribution in [0.2, 0.25) is 5.02 Å². The molecular formula is C31H25ClN4O. The average molecular weight is 505 g/mol. The SMILES string of the molecule is CC(C)(C#N)c1cccc(C(=O)Cc2cc(Cc3ncccc3-c3ncnc4c3C=CC4)ccc2Cl)c1. The second-order valence-electron chi connectivity index (χ2n) is 9.71. The first kappa shape index (κ1) is 24.5. The number of nitrogens with zero attached hydrogens (tertiary/aromatic N) is 4. The maximum Gasteiger partial charge on any atom is 0.167 e. The number of ketones is 1. The van der Waals surface area contributed by atoms with Gasteiger partial charge in [-0.15, -0.1) is 0 Å². The molecule has 37 heavy (non-hydrogen) atoms. The lowest BCUT2D eigenvalue weighted by atomic mass is 9.85. The van der Waals surface area contributed by atoms with Crippen LogP contribution in [-0.2, 0) is 24.7 Å². The third-order valence-corrected chi connectivity index (χ3v) is 7.09. The number of aromatic nitrogens is 3. The van der Waals surface area contributed by atoms with Crippen molar-refractivity contribution in [3.8, 4) is 17.3 Å². The van der Waals surface area contributed by atoms with E-state index < -0.39 is 5.41 Å². The van der Waals surface area contributed by atoms with Crippen LogP contribution in [0.25, 0.3) is 17.3 Å². The van der Waals surface area contributed by atoms with Gasteiger partial charge in [0.25, 0.3) is 0 Å². The Balaban J connectivity index is 1.42. The number of hydrogen-bond donors (Lipinski definition) is 0. The maximum atomic E-state index is 13.2. The van der Waals surface area contributed by atoms with E-state index in [2.05, 4.69) is 33.2 Å². The molecule has 182 valence electrons. The van der Waals surface area contributed by atoms with E-state index in [1.807, 2.05) is 56.3 Å². The van der Waals surface area contributed by atoms with Gasteiger partial charge in [-0.05, 0) is 54.8 Å². The van der Waals surface area contributed by atoms with Crippen molar-refractivity contribution in [1.82, 2.24) is 15.0 Å². The van der Waals surface area contributed by atoms with Gasteiger partial charge in [-0.2, -0.15) is 5.26 Å². The lowest BCUT2D eigenvalue weighted by Gasteiger charge is -2.16. The molecule has 2 aromatic carbocycles. The first-order valence-corrected chi connectivity index (χ1v) is 12.5. The lowest BCUT2D eigenvalue weighted by Crippen LogP contribution is -2.15. The van der Waals surface area contributed by atoms with E-state index in [0.29, 0.717) is 17.0 Å². The summed E-state index contributed by atoms with van der Waals surface area (Å²) in [7, 11) is 0. The van der Waals surface area contributed by atoms with Gasteiger partial charge in [0, 0.05) is 47.2 Å². The van der Waals surface area contributed by atoms with Crippen molar-refractivity contribution in [1.29, 1.82) is 5.26 Å². The van der Waals surface area contributed by atoms with Gasteiger partial charge in [0.05, 0.1) is 28.6 Å². The zero-order chi connectivity index (χ0) is 26.0. The summed E-state index contributed by atoms with van der Waals surface area (Å²) in [6.07, 6.45) is 9.11. The first-order valence-electron chi connectivity index (χ1n) is 12.1. The van der Waals surface area contributed by atoms with Crippen LogP contribution in [0.4, 0.5) is 0 Å². The molecule has 2 aromatic heterocycles. The quantitative estimate of drug-likeness (QED) is 0.265. The Hall–Kier alpha value is -4.14. The van der Waals surface area contributed by atoms with Gasteiger partial charge in [-0.25, -0.2) is 9.97 Å². The van der Waals surface area contributed by atoms with E-state index in [-0.39, 0.29) is 12.2 Å². The molecule has 0 spiro atoms. The Bertz CT molecular complexity index is 1580. The van der Waals surface area contributed by atoms with E-state index in [0.717, 1.165) is 51.3 Å². The highest BCUT2D eigenvalue weighted by Gasteiger charge is 2.21. The number of allylic oxidation sites excluding steroid dienone is 1. The summed E-state index contributed by atoms with van der Waals surface area (Å²) in [6.45, 7) is 3.68. The average Bonchev–Trinajstić information content (AvgIpc) is 3.40. The maximum absolute atomic E-state index is 13.2. The number of hydrogen-bond acceptors (Lipinski definition) is 5. The second kappa shape index (κ2) is 10.1. The van der Waals surface area contributed by atoms with Gasteiger partial charge >= 0.3 is 0 Å². The second-order valence-corrected chi connectivity index (χ2v) is 10.1. The Kier molecular flexibility index (Phi) is 6.69. The van der Waals surface area contributed by atoms with Crippen LogP contribution in [0.5, 0.6) is 0 Å². The minimum absolute atomic E-state index is 0.0449. The van der Waals surface area contributed by atoms with Crippen LogP contribution in [0, 0.1) is 11.3 Å². The number of fused-ring (bicyclic) bond motifs is 1. The number of Topliss-reactive ketones (excluding diaryl/α,β-unsaturated/α-hetero) is 1. The molecule has 4 aromatic rings. The summed E-state index contributed by atoms with van der Waals surface area (Å²) in [5.74, 6) is -0.0449. The van der Waals surface area contributed by atoms with Gasteiger partial charge in [0.2, 0.25) is 0 Å². The smallest absolute Gasteiger partial charge is 0.167 e. The minimum Gasteiger partial charge on any atom is -0.294 e. The predicted octanol–water partition coefficient (Wildman–Crippen LogP) is 6.58. The number of pyridine rings is 1. The number of rotatable bonds is 7. The number of benzene rings is 2. The van der Waals surface area contributed by atoms with Crippen LogP contribution in [0.3, 0.4) is 0 Å². The van der Waals surface area contributed by atoms with Crippen LogP contribution in [0.1, 0.15) is 57.8 Å². The standard InChI is InChI=1S/C31H25ClN4O/c1-31(2,18-33)23-7-3-6-21(16-23)29(37)17-22-14-20(11-12-26(22)32)15-28-25(9-5-13-34-28)30-24-8-4-10-27(24)35-19-36-30/h3-9,11-14,16,19H,10,15,17H2,1-2H3. The number of carbonyl (C=O) groups excluding carboxylic acids is 1. The number of carbonyl (C=O) groups is 1. The normalized spacial score (nSPS) is 12.3. The topological polar surface area (TPSA) is 79.5 Å². The minimum atomic E-state index is -0.673. The Morgan fingerprint density at radius 1 is 1.08 bits per heavy atom. The number of nitriles is 1. The van der Waals surface area contributed by atoms with Crippen LogP contribution >= 0.6 is 11.6 Å². The van der Waals surface area contributed by atoms with Gasteiger partial charge < -0.3 is 0 Å². The molecule has 6 heteroatoms.